The minimum absolute atomic E-state index is 0.0221. The summed E-state index contributed by atoms with van der Waals surface area (Å²) < 4.78 is 7.45. The van der Waals surface area contributed by atoms with Gasteiger partial charge in [0, 0.05) is 38.2 Å². The smallest absolute Gasteiger partial charge is 0.242 e. The molecule has 6 atom stereocenters. The topological polar surface area (TPSA) is 182 Å². The van der Waals surface area contributed by atoms with E-state index in [0.717, 1.165) is 0 Å². The Labute approximate surface area is 242 Å². The second-order valence-corrected chi connectivity index (χ2v) is 12.0. The summed E-state index contributed by atoms with van der Waals surface area (Å²) in [7, 11) is 1.98. The number of phenols is 1. The van der Waals surface area contributed by atoms with Crippen molar-refractivity contribution in [3.05, 3.63) is 30.5 Å². The van der Waals surface area contributed by atoms with Gasteiger partial charge in [0.2, 0.25) is 17.7 Å². The van der Waals surface area contributed by atoms with Gasteiger partial charge in [0.05, 0.1) is 36.7 Å². The molecule has 1 spiro atoms. The average Bonchev–Trinajstić information content (AvgIpc) is 3.68. The molecule has 226 valence electrons. The lowest BCUT2D eigenvalue weighted by atomic mass is 9.83. The van der Waals surface area contributed by atoms with Crippen molar-refractivity contribution in [3.8, 4) is 17.0 Å². The average molecular weight is 584 g/mol. The normalized spacial score (nSPS) is 32.4. The summed E-state index contributed by atoms with van der Waals surface area (Å²) in [5, 5.41) is 45.4. The molecule has 3 amide bonds. The van der Waals surface area contributed by atoms with Gasteiger partial charge in [0.25, 0.3) is 0 Å². The lowest BCUT2D eigenvalue weighted by molar-refractivity contribution is -0.141. The summed E-state index contributed by atoms with van der Waals surface area (Å²) in [6, 6.07) is 5.49. The lowest BCUT2D eigenvalue weighted by Crippen LogP contribution is -2.58. The third kappa shape index (κ3) is 5.59. The monoisotopic (exact) mass is 583 g/mol. The fraction of sp³-hybridized carbons (Fsp3) is 0.607. The fourth-order valence-electron chi connectivity index (χ4n) is 6.58. The van der Waals surface area contributed by atoms with Crippen molar-refractivity contribution in [2.45, 2.75) is 74.1 Å². The minimum atomic E-state index is -1.28. The Bertz CT molecular complexity index is 1340. The van der Waals surface area contributed by atoms with Crippen molar-refractivity contribution >= 4 is 17.7 Å². The number of phenolic OH excluding ortho intramolecular Hbond substituents is 1. The van der Waals surface area contributed by atoms with Crippen LogP contribution in [0.4, 0.5) is 0 Å². The largest absolute Gasteiger partial charge is 0.508 e. The molecule has 0 saturated carbocycles. The van der Waals surface area contributed by atoms with Gasteiger partial charge in [-0.15, -0.1) is 5.10 Å². The van der Waals surface area contributed by atoms with Crippen molar-refractivity contribution in [3.63, 3.8) is 0 Å². The summed E-state index contributed by atoms with van der Waals surface area (Å²) in [6.07, 6.45) is -1.42. The van der Waals surface area contributed by atoms with Crippen LogP contribution in [0.1, 0.15) is 38.1 Å². The van der Waals surface area contributed by atoms with E-state index in [0.29, 0.717) is 37.2 Å². The Morgan fingerprint density at radius 2 is 1.86 bits per heavy atom. The number of carbonyl (C=O) groups excluding carboxylic acids is 3. The van der Waals surface area contributed by atoms with E-state index in [-0.39, 0.29) is 56.0 Å². The number of fused-ring (bicyclic) bond motifs is 3. The maximum Gasteiger partial charge on any atom is 0.242 e. The first-order valence-corrected chi connectivity index (χ1v) is 14.4. The molecule has 14 nitrogen and oxygen atoms in total. The van der Waals surface area contributed by atoms with Gasteiger partial charge in [-0.3, -0.25) is 14.4 Å². The van der Waals surface area contributed by atoms with E-state index in [1.165, 1.54) is 0 Å². The standard InChI is InChI=1S/C28H37N7O7/c1-33-7-5-28(6-8-33)12-24(38)34-14-17(35-15-19(31-32-35)16-3-2-4-18(36)9-16)10-20(34)27(41)29-13-22-26(40)25(39)21(42-22)11-23(37)30-28/h2-4,9,15,17,20-22,25-26,36,39-40H,5-8,10-14H2,1H3,(H,29,41)(H,30,37)/t17-,20-,21-,22+,25?,26?/m0/s1. The Balaban J connectivity index is 1.28. The highest BCUT2D eigenvalue weighted by Crippen LogP contribution is 2.34. The summed E-state index contributed by atoms with van der Waals surface area (Å²) in [5.41, 5.74) is 0.410. The molecule has 0 aliphatic carbocycles. The van der Waals surface area contributed by atoms with Crippen LogP contribution >= 0.6 is 0 Å². The van der Waals surface area contributed by atoms with E-state index in [1.54, 1.807) is 40.0 Å². The number of nitrogens with zero attached hydrogens (tertiary/aromatic N) is 5. The van der Waals surface area contributed by atoms with E-state index >= 15 is 0 Å². The second kappa shape index (κ2) is 11.2. The van der Waals surface area contributed by atoms with Gasteiger partial charge in [-0.2, -0.15) is 0 Å². The molecule has 5 N–H and O–H groups in total. The molecule has 42 heavy (non-hydrogen) atoms. The SMILES string of the molecule is CN1CCC2(CC1)CC(=O)N1C[C@@H](n3cc(-c4cccc(O)c4)nn3)C[C@H]1C(=O)NC[C@H]1O[C@@H](CC(=O)N2)C(O)C1O. The van der Waals surface area contributed by atoms with E-state index in [9.17, 15) is 29.7 Å². The third-order valence-corrected chi connectivity index (χ3v) is 9.09. The van der Waals surface area contributed by atoms with Crippen LogP contribution in [0.15, 0.2) is 30.5 Å². The molecule has 5 heterocycles. The number of nitrogens with one attached hydrogen (secondary N) is 2. The number of aliphatic hydroxyl groups is 2. The van der Waals surface area contributed by atoms with Gasteiger partial charge in [-0.1, -0.05) is 17.3 Å². The van der Waals surface area contributed by atoms with Crippen molar-refractivity contribution in [2.75, 3.05) is 33.2 Å². The Kier molecular flexibility index (Phi) is 7.64. The molecule has 0 radical (unpaired) electrons. The van der Waals surface area contributed by atoms with Crippen LogP contribution in [-0.2, 0) is 19.1 Å². The van der Waals surface area contributed by atoms with Crippen LogP contribution in [0.5, 0.6) is 5.75 Å². The highest BCUT2D eigenvalue weighted by Gasteiger charge is 2.48. The molecule has 2 aromatic rings. The third-order valence-electron chi connectivity index (χ3n) is 9.09. The van der Waals surface area contributed by atoms with Gasteiger partial charge >= 0.3 is 0 Å². The van der Waals surface area contributed by atoms with Crippen LogP contribution < -0.4 is 10.6 Å². The minimum Gasteiger partial charge on any atom is -0.508 e. The number of hydrogen-bond donors (Lipinski definition) is 5. The molecular formula is C28H37N7O7. The van der Waals surface area contributed by atoms with Crippen LogP contribution in [0, 0.1) is 0 Å². The quantitative estimate of drug-likeness (QED) is 0.287. The molecule has 1 aromatic heterocycles. The summed E-state index contributed by atoms with van der Waals surface area (Å²) in [6.45, 7) is 1.49. The zero-order valence-corrected chi connectivity index (χ0v) is 23.4. The molecule has 1 aromatic carbocycles. The zero-order chi connectivity index (χ0) is 29.6. The van der Waals surface area contributed by atoms with Gasteiger partial charge in [-0.05, 0) is 32.0 Å². The van der Waals surface area contributed by atoms with E-state index in [2.05, 4.69) is 25.8 Å². The number of likely N-dealkylation sites (tertiary alicyclic amines) is 1. The predicted octanol–water partition coefficient (Wildman–Crippen LogP) is -1.23. The van der Waals surface area contributed by atoms with E-state index < -0.39 is 41.9 Å². The van der Waals surface area contributed by atoms with E-state index in [4.69, 9.17) is 4.74 Å². The number of amides is 3. The number of aromatic hydroxyl groups is 1. The Hall–Kier alpha value is -3.59. The zero-order valence-electron chi connectivity index (χ0n) is 23.4. The van der Waals surface area contributed by atoms with Gasteiger partial charge in [-0.25, -0.2) is 4.68 Å². The van der Waals surface area contributed by atoms with Crippen molar-refractivity contribution in [1.82, 2.24) is 35.4 Å². The van der Waals surface area contributed by atoms with Crippen LogP contribution in [-0.4, -0.2) is 127 Å². The number of piperidine rings is 1. The maximum absolute atomic E-state index is 14.0. The van der Waals surface area contributed by atoms with Crippen molar-refractivity contribution < 1.29 is 34.4 Å². The van der Waals surface area contributed by atoms with Gasteiger partial charge < -0.3 is 40.5 Å². The molecule has 2 bridgehead atoms. The first kappa shape index (κ1) is 28.5. The molecule has 6 rings (SSSR count). The molecule has 4 fully saturated rings. The number of hydrogen-bond acceptors (Lipinski definition) is 10. The number of aromatic nitrogens is 3. The molecular weight excluding hydrogens is 546 g/mol. The maximum atomic E-state index is 14.0. The lowest BCUT2D eigenvalue weighted by Gasteiger charge is -2.42. The fourth-order valence-corrected chi connectivity index (χ4v) is 6.58. The number of benzene rings is 1. The predicted molar refractivity (Wildman–Crippen MR) is 147 cm³/mol. The first-order chi connectivity index (χ1) is 20.1. The number of aliphatic hydroxyl groups excluding tert-OH is 2. The van der Waals surface area contributed by atoms with Crippen LogP contribution in [0.2, 0.25) is 0 Å². The van der Waals surface area contributed by atoms with E-state index in [1.807, 2.05) is 7.05 Å². The van der Waals surface area contributed by atoms with Crippen LogP contribution in [0.25, 0.3) is 11.3 Å². The van der Waals surface area contributed by atoms with Crippen molar-refractivity contribution in [2.24, 2.45) is 0 Å². The summed E-state index contributed by atoms with van der Waals surface area (Å²) in [5.74, 6) is -0.896. The Morgan fingerprint density at radius 3 is 2.62 bits per heavy atom. The molecule has 14 heteroatoms. The highest BCUT2D eigenvalue weighted by molar-refractivity contribution is 5.89. The number of rotatable bonds is 2. The molecule has 4 aliphatic rings. The van der Waals surface area contributed by atoms with Gasteiger partial charge in [0.1, 0.15) is 35.8 Å². The van der Waals surface area contributed by atoms with Gasteiger partial charge in [0.15, 0.2) is 0 Å². The highest BCUT2D eigenvalue weighted by atomic mass is 16.5. The van der Waals surface area contributed by atoms with Crippen LogP contribution in [0.3, 0.4) is 0 Å². The molecule has 4 saturated heterocycles. The summed E-state index contributed by atoms with van der Waals surface area (Å²) >= 11 is 0. The number of ether oxygens (including phenoxy) is 1. The number of carbonyl (C=O) groups is 3. The first-order valence-electron chi connectivity index (χ1n) is 14.4. The second-order valence-electron chi connectivity index (χ2n) is 12.0. The summed E-state index contributed by atoms with van der Waals surface area (Å²) in [4.78, 5) is 44.4. The molecule has 4 aliphatic heterocycles. The molecule has 2 unspecified atom stereocenters. The van der Waals surface area contributed by atoms with Crippen molar-refractivity contribution in [1.29, 1.82) is 0 Å². The Morgan fingerprint density at radius 1 is 1.10 bits per heavy atom.